The van der Waals surface area contributed by atoms with E-state index in [0.717, 1.165) is 24.8 Å². The molecule has 1 aliphatic carbocycles. The molecule has 1 aliphatic rings. The fourth-order valence-corrected chi connectivity index (χ4v) is 2.81. The summed E-state index contributed by atoms with van der Waals surface area (Å²) in [5.74, 6) is 0.114. The SMILES string of the molecule is C=C(C)C[C@]1(c2ccc(C(C)=O)cc2)CCC1=C. The number of carbonyl (C=O) groups is 1. The first kappa shape index (κ1) is 12.8. The van der Waals surface area contributed by atoms with Crippen molar-refractivity contribution < 1.29 is 4.79 Å². The van der Waals surface area contributed by atoms with E-state index in [9.17, 15) is 4.79 Å². The smallest absolute Gasteiger partial charge is 0.159 e. The van der Waals surface area contributed by atoms with Crippen LogP contribution in [0.5, 0.6) is 0 Å². The minimum atomic E-state index is 0.0706. The van der Waals surface area contributed by atoms with Crippen molar-refractivity contribution in [2.24, 2.45) is 0 Å². The van der Waals surface area contributed by atoms with Gasteiger partial charge in [-0.1, -0.05) is 42.0 Å². The summed E-state index contributed by atoms with van der Waals surface area (Å²) in [4.78, 5) is 11.3. The number of hydrogen-bond donors (Lipinski definition) is 0. The summed E-state index contributed by atoms with van der Waals surface area (Å²) in [6, 6.07) is 7.99. The quantitative estimate of drug-likeness (QED) is 0.561. The molecule has 0 saturated heterocycles. The molecule has 0 amide bonds. The highest BCUT2D eigenvalue weighted by atomic mass is 16.1. The van der Waals surface area contributed by atoms with Gasteiger partial charge in [0.15, 0.2) is 5.78 Å². The molecule has 0 unspecified atom stereocenters. The van der Waals surface area contributed by atoms with Crippen LogP contribution in [-0.4, -0.2) is 5.78 Å². The monoisotopic (exact) mass is 240 g/mol. The Labute approximate surface area is 109 Å². The molecular formula is C17H20O. The molecule has 0 radical (unpaired) electrons. The lowest BCUT2D eigenvalue weighted by Crippen LogP contribution is -2.37. The van der Waals surface area contributed by atoms with Gasteiger partial charge in [-0.05, 0) is 38.7 Å². The van der Waals surface area contributed by atoms with E-state index in [-0.39, 0.29) is 11.2 Å². The number of Topliss-reactive ketones (excluding diaryl/α,β-unsaturated/α-hetero) is 1. The summed E-state index contributed by atoms with van der Waals surface area (Å²) in [6.45, 7) is 11.9. The van der Waals surface area contributed by atoms with Gasteiger partial charge < -0.3 is 0 Å². The number of ketones is 1. The topological polar surface area (TPSA) is 17.1 Å². The van der Waals surface area contributed by atoms with Gasteiger partial charge in [-0.25, -0.2) is 0 Å². The van der Waals surface area contributed by atoms with Crippen molar-refractivity contribution in [2.75, 3.05) is 0 Å². The van der Waals surface area contributed by atoms with Crippen LogP contribution in [0, 0.1) is 0 Å². The van der Waals surface area contributed by atoms with Gasteiger partial charge in [0.25, 0.3) is 0 Å². The molecule has 94 valence electrons. The van der Waals surface area contributed by atoms with E-state index in [0.29, 0.717) is 0 Å². The maximum Gasteiger partial charge on any atom is 0.159 e. The molecule has 0 N–H and O–H groups in total. The van der Waals surface area contributed by atoms with Gasteiger partial charge in [-0.15, -0.1) is 6.58 Å². The minimum absolute atomic E-state index is 0.0706. The Morgan fingerprint density at radius 3 is 2.22 bits per heavy atom. The molecule has 0 aromatic heterocycles. The van der Waals surface area contributed by atoms with Gasteiger partial charge in [-0.3, -0.25) is 4.79 Å². The lowest BCUT2D eigenvalue weighted by molar-refractivity contribution is 0.101. The minimum Gasteiger partial charge on any atom is -0.295 e. The highest BCUT2D eigenvalue weighted by molar-refractivity contribution is 5.94. The third kappa shape index (κ3) is 2.05. The second kappa shape index (κ2) is 4.56. The summed E-state index contributed by atoms with van der Waals surface area (Å²) >= 11 is 0. The van der Waals surface area contributed by atoms with Crippen molar-refractivity contribution in [1.82, 2.24) is 0 Å². The molecule has 18 heavy (non-hydrogen) atoms. The van der Waals surface area contributed by atoms with Crippen molar-refractivity contribution in [3.63, 3.8) is 0 Å². The van der Waals surface area contributed by atoms with Crippen LogP contribution >= 0.6 is 0 Å². The van der Waals surface area contributed by atoms with Gasteiger partial charge >= 0.3 is 0 Å². The van der Waals surface area contributed by atoms with Crippen molar-refractivity contribution in [2.45, 2.75) is 38.5 Å². The third-order valence-electron chi connectivity index (χ3n) is 3.98. The van der Waals surface area contributed by atoms with Gasteiger partial charge in [0.1, 0.15) is 0 Å². The van der Waals surface area contributed by atoms with Gasteiger partial charge in [0.05, 0.1) is 0 Å². The van der Waals surface area contributed by atoms with Gasteiger partial charge in [0, 0.05) is 11.0 Å². The summed E-state index contributed by atoms with van der Waals surface area (Å²) in [5.41, 5.74) is 4.59. The molecule has 1 aromatic carbocycles. The lowest BCUT2D eigenvalue weighted by Gasteiger charge is -2.45. The van der Waals surface area contributed by atoms with Crippen LogP contribution in [0.1, 0.15) is 49.0 Å². The molecule has 0 heterocycles. The summed E-state index contributed by atoms with van der Waals surface area (Å²) in [6.07, 6.45) is 3.20. The first-order valence-corrected chi connectivity index (χ1v) is 6.40. The zero-order valence-electron chi connectivity index (χ0n) is 11.3. The number of hydrogen-bond acceptors (Lipinski definition) is 1. The predicted octanol–water partition coefficient (Wildman–Crippen LogP) is 4.44. The molecule has 0 bridgehead atoms. The Bertz CT molecular complexity index is 507. The van der Waals surface area contributed by atoms with E-state index in [1.807, 2.05) is 12.1 Å². The average Bonchev–Trinajstić information content (AvgIpc) is 2.34. The average molecular weight is 240 g/mol. The summed E-state index contributed by atoms with van der Waals surface area (Å²) in [5, 5.41) is 0. The molecular weight excluding hydrogens is 220 g/mol. The molecule has 1 heteroatoms. The number of carbonyl (C=O) groups excluding carboxylic acids is 1. The first-order valence-electron chi connectivity index (χ1n) is 6.40. The van der Waals surface area contributed by atoms with Crippen molar-refractivity contribution in [1.29, 1.82) is 0 Å². The second-order valence-electron chi connectivity index (χ2n) is 5.45. The predicted molar refractivity (Wildman–Crippen MR) is 75.9 cm³/mol. The van der Waals surface area contributed by atoms with Gasteiger partial charge in [0.2, 0.25) is 0 Å². The fourth-order valence-electron chi connectivity index (χ4n) is 2.81. The number of allylic oxidation sites excluding steroid dienone is 2. The highest BCUT2D eigenvalue weighted by Crippen LogP contribution is 2.51. The van der Waals surface area contributed by atoms with Gasteiger partial charge in [-0.2, -0.15) is 0 Å². The Hall–Kier alpha value is -1.63. The zero-order chi connectivity index (χ0) is 13.3. The Morgan fingerprint density at radius 2 is 1.89 bits per heavy atom. The first-order chi connectivity index (χ1) is 8.45. The Balaban J connectivity index is 2.35. The van der Waals surface area contributed by atoms with Crippen LogP contribution in [-0.2, 0) is 5.41 Å². The van der Waals surface area contributed by atoms with Crippen LogP contribution in [0.25, 0.3) is 0 Å². The molecule has 1 nitrogen and oxygen atoms in total. The third-order valence-corrected chi connectivity index (χ3v) is 3.98. The molecule has 1 fully saturated rings. The van der Waals surface area contributed by atoms with E-state index in [1.54, 1.807) is 6.92 Å². The van der Waals surface area contributed by atoms with E-state index < -0.39 is 0 Å². The standard InChI is InChI=1S/C17H20O/c1-12(2)11-17(10-9-13(17)3)16-7-5-15(6-8-16)14(4)18/h5-8H,1,3,9-11H2,2,4H3/t17-/m1/s1. The van der Waals surface area contributed by atoms with Crippen LogP contribution in [0.15, 0.2) is 48.6 Å². The molecule has 1 atom stereocenters. The van der Waals surface area contributed by atoms with Crippen LogP contribution < -0.4 is 0 Å². The largest absolute Gasteiger partial charge is 0.295 e. The molecule has 1 aromatic rings. The zero-order valence-corrected chi connectivity index (χ0v) is 11.3. The Morgan fingerprint density at radius 1 is 1.28 bits per heavy atom. The van der Waals surface area contributed by atoms with E-state index in [4.69, 9.17) is 0 Å². The molecule has 2 rings (SSSR count). The van der Waals surface area contributed by atoms with E-state index >= 15 is 0 Å². The summed E-state index contributed by atoms with van der Waals surface area (Å²) < 4.78 is 0. The molecule has 0 aliphatic heterocycles. The van der Waals surface area contributed by atoms with Crippen LogP contribution in [0.2, 0.25) is 0 Å². The number of rotatable bonds is 4. The molecule has 0 spiro atoms. The molecule has 1 saturated carbocycles. The van der Waals surface area contributed by atoms with E-state index in [1.165, 1.54) is 16.7 Å². The van der Waals surface area contributed by atoms with Crippen LogP contribution in [0.3, 0.4) is 0 Å². The summed E-state index contributed by atoms with van der Waals surface area (Å²) in [7, 11) is 0. The Kier molecular flexibility index (Phi) is 3.25. The second-order valence-corrected chi connectivity index (χ2v) is 5.45. The maximum atomic E-state index is 11.3. The fraction of sp³-hybridized carbons (Fsp3) is 0.353. The number of benzene rings is 1. The maximum absolute atomic E-state index is 11.3. The van der Waals surface area contributed by atoms with Crippen molar-refractivity contribution >= 4 is 5.78 Å². The van der Waals surface area contributed by atoms with Crippen LogP contribution in [0.4, 0.5) is 0 Å². The van der Waals surface area contributed by atoms with E-state index in [2.05, 4.69) is 32.2 Å². The van der Waals surface area contributed by atoms with Crippen molar-refractivity contribution in [3.05, 3.63) is 59.7 Å². The lowest BCUT2D eigenvalue weighted by atomic mass is 9.58. The van der Waals surface area contributed by atoms with Crippen molar-refractivity contribution in [3.8, 4) is 0 Å². The normalized spacial score (nSPS) is 22.4. The highest BCUT2D eigenvalue weighted by Gasteiger charge is 2.41.